The molecule has 1 atom stereocenters. The predicted octanol–water partition coefficient (Wildman–Crippen LogP) is 1.91. The van der Waals surface area contributed by atoms with Crippen molar-refractivity contribution in [2.45, 2.75) is 38.1 Å². The third-order valence-electron chi connectivity index (χ3n) is 2.03. The molecule has 0 unspecified atom stereocenters. The minimum Gasteiger partial charge on any atom is -0.328 e. The standard InChI is InChI=1S/C9H14N2S/c1-6(10)4-8-5-12-9(11-8)7-2-3-7/h5-7H,2-4,10H2,1H3/t6-/m1/s1. The second-order valence-corrected chi connectivity index (χ2v) is 4.52. The number of aromatic nitrogens is 1. The first kappa shape index (κ1) is 8.20. The van der Waals surface area contributed by atoms with E-state index in [1.54, 1.807) is 11.3 Å². The average molecular weight is 182 g/mol. The summed E-state index contributed by atoms with van der Waals surface area (Å²) in [6.45, 7) is 2.02. The molecule has 0 bridgehead atoms. The van der Waals surface area contributed by atoms with Gasteiger partial charge in [0.15, 0.2) is 0 Å². The van der Waals surface area contributed by atoms with Crippen LogP contribution in [0.5, 0.6) is 0 Å². The summed E-state index contributed by atoms with van der Waals surface area (Å²) in [5.41, 5.74) is 6.87. The van der Waals surface area contributed by atoms with Crippen LogP contribution in [0.1, 0.15) is 36.4 Å². The fraction of sp³-hybridized carbons (Fsp3) is 0.667. The van der Waals surface area contributed by atoms with Gasteiger partial charge in [-0.15, -0.1) is 11.3 Å². The lowest BCUT2D eigenvalue weighted by Gasteiger charge is -1.99. The third kappa shape index (κ3) is 1.84. The molecule has 2 rings (SSSR count). The molecule has 1 aromatic heterocycles. The zero-order valence-corrected chi connectivity index (χ0v) is 8.10. The Morgan fingerprint density at radius 1 is 1.75 bits per heavy atom. The van der Waals surface area contributed by atoms with Gasteiger partial charge in [-0.1, -0.05) is 0 Å². The van der Waals surface area contributed by atoms with Gasteiger partial charge in [0, 0.05) is 23.8 Å². The largest absolute Gasteiger partial charge is 0.328 e. The molecule has 2 N–H and O–H groups in total. The normalized spacial score (nSPS) is 19.5. The van der Waals surface area contributed by atoms with Gasteiger partial charge in [0.25, 0.3) is 0 Å². The monoisotopic (exact) mass is 182 g/mol. The molecular formula is C9H14N2S. The lowest BCUT2D eigenvalue weighted by molar-refractivity contribution is 0.723. The molecule has 1 aliphatic carbocycles. The molecule has 0 amide bonds. The van der Waals surface area contributed by atoms with Crippen LogP contribution in [0.15, 0.2) is 5.38 Å². The molecule has 1 heterocycles. The van der Waals surface area contributed by atoms with Crippen LogP contribution < -0.4 is 5.73 Å². The minimum absolute atomic E-state index is 0.235. The molecule has 0 radical (unpaired) electrons. The van der Waals surface area contributed by atoms with Crippen molar-refractivity contribution < 1.29 is 0 Å². The Balaban J connectivity index is 2.03. The van der Waals surface area contributed by atoms with Crippen molar-refractivity contribution in [3.63, 3.8) is 0 Å². The summed E-state index contributed by atoms with van der Waals surface area (Å²) in [7, 11) is 0. The van der Waals surface area contributed by atoms with Crippen LogP contribution in [0.3, 0.4) is 0 Å². The third-order valence-corrected chi connectivity index (χ3v) is 3.08. The van der Waals surface area contributed by atoms with E-state index in [9.17, 15) is 0 Å². The van der Waals surface area contributed by atoms with Gasteiger partial charge in [-0.2, -0.15) is 0 Å². The van der Waals surface area contributed by atoms with Gasteiger partial charge in [-0.3, -0.25) is 0 Å². The minimum atomic E-state index is 0.235. The van der Waals surface area contributed by atoms with E-state index in [2.05, 4.69) is 10.4 Å². The number of nitrogens with two attached hydrogens (primary N) is 1. The van der Waals surface area contributed by atoms with Gasteiger partial charge in [-0.05, 0) is 19.8 Å². The molecule has 0 aromatic carbocycles. The van der Waals surface area contributed by atoms with E-state index in [-0.39, 0.29) is 6.04 Å². The summed E-state index contributed by atoms with van der Waals surface area (Å²) in [6.07, 6.45) is 3.60. The van der Waals surface area contributed by atoms with Crippen molar-refractivity contribution in [3.05, 3.63) is 16.1 Å². The summed E-state index contributed by atoms with van der Waals surface area (Å²) >= 11 is 1.80. The van der Waals surface area contributed by atoms with E-state index in [0.29, 0.717) is 0 Å². The van der Waals surface area contributed by atoms with Crippen molar-refractivity contribution in [1.82, 2.24) is 4.98 Å². The fourth-order valence-corrected chi connectivity index (χ4v) is 2.27. The van der Waals surface area contributed by atoms with Crippen LogP contribution in [0.2, 0.25) is 0 Å². The van der Waals surface area contributed by atoms with Gasteiger partial charge in [0.05, 0.1) is 10.7 Å². The number of hydrogen-bond donors (Lipinski definition) is 1. The van der Waals surface area contributed by atoms with Crippen molar-refractivity contribution in [2.24, 2.45) is 5.73 Å². The molecule has 1 aromatic rings. The Labute approximate surface area is 76.8 Å². The first-order valence-corrected chi connectivity index (χ1v) is 5.33. The molecule has 3 heteroatoms. The fourth-order valence-electron chi connectivity index (χ4n) is 1.26. The number of hydrogen-bond acceptors (Lipinski definition) is 3. The van der Waals surface area contributed by atoms with E-state index in [1.807, 2.05) is 6.92 Å². The smallest absolute Gasteiger partial charge is 0.0959 e. The highest BCUT2D eigenvalue weighted by molar-refractivity contribution is 7.09. The van der Waals surface area contributed by atoms with E-state index in [0.717, 1.165) is 12.3 Å². The van der Waals surface area contributed by atoms with Crippen LogP contribution in [-0.4, -0.2) is 11.0 Å². The molecule has 1 fully saturated rings. The first-order valence-electron chi connectivity index (χ1n) is 4.45. The second kappa shape index (κ2) is 3.15. The maximum absolute atomic E-state index is 5.69. The van der Waals surface area contributed by atoms with Gasteiger partial charge >= 0.3 is 0 Å². The molecular weight excluding hydrogens is 168 g/mol. The zero-order chi connectivity index (χ0) is 8.55. The van der Waals surface area contributed by atoms with E-state index >= 15 is 0 Å². The van der Waals surface area contributed by atoms with Gasteiger partial charge in [-0.25, -0.2) is 4.98 Å². The van der Waals surface area contributed by atoms with Crippen LogP contribution in [0, 0.1) is 0 Å². The van der Waals surface area contributed by atoms with Crippen molar-refractivity contribution >= 4 is 11.3 Å². The maximum atomic E-state index is 5.69. The van der Waals surface area contributed by atoms with Crippen LogP contribution in [0.25, 0.3) is 0 Å². The predicted molar refractivity (Wildman–Crippen MR) is 51.4 cm³/mol. The number of rotatable bonds is 3. The lowest BCUT2D eigenvalue weighted by Crippen LogP contribution is -2.17. The second-order valence-electron chi connectivity index (χ2n) is 3.63. The Morgan fingerprint density at radius 3 is 3.08 bits per heavy atom. The maximum Gasteiger partial charge on any atom is 0.0959 e. The van der Waals surface area contributed by atoms with Crippen molar-refractivity contribution in [2.75, 3.05) is 0 Å². The Bertz CT molecular complexity index is 263. The summed E-state index contributed by atoms with van der Waals surface area (Å²) < 4.78 is 0. The van der Waals surface area contributed by atoms with Crippen LogP contribution in [0.4, 0.5) is 0 Å². The highest BCUT2D eigenvalue weighted by atomic mass is 32.1. The molecule has 0 aliphatic heterocycles. The van der Waals surface area contributed by atoms with E-state index in [1.165, 1.54) is 23.5 Å². The summed E-state index contributed by atoms with van der Waals surface area (Å²) in [4.78, 5) is 4.55. The zero-order valence-electron chi connectivity index (χ0n) is 7.29. The van der Waals surface area contributed by atoms with Crippen LogP contribution >= 0.6 is 11.3 Å². The van der Waals surface area contributed by atoms with Crippen molar-refractivity contribution in [1.29, 1.82) is 0 Å². The molecule has 12 heavy (non-hydrogen) atoms. The lowest BCUT2D eigenvalue weighted by atomic mass is 10.2. The molecule has 2 nitrogen and oxygen atoms in total. The highest BCUT2D eigenvalue weighted by Gasteiger charge is 2.26. The van der Waals surface area contributed by atoms with Crippen LogP contribution in [-0.2, 0) is 6.42 Å². The average Bonchev–Trinajstić information content (AvgIpc) is 2.73. The highest BCUT2D eigenvalue weighted by Crippen LogP contribution is 2.41. The quantitative estimate of drug-likeness (QED) is 0.775. The summed E-state index contributed by atoms with van der Waals surface area (Å²) in [5, 5.41) is 3.47. The Hall–Kier alpha value is -0.410. The van der Waals surface area contributed by atoms with Gasteiger partial charge in [0.2, 0.25) is 0 Å². The molecule has 1 aliphatic rings. The van der Waals surface area contributed by atoms with Gasteiger partial charge in [0.1, 0.15) is 0 Å². The number of thiazole rings is 1. The van der Waals surface area contributed by atoms with Gasteiger partial charge < -0.3 is 5.73 Å². The summed E-state index contributed by atoms with van der Waals surface area (Å²) in [5.74, 6) is 0.789. The molecule has 0 saturated heterocycles. The first-order chi connectivity index (χ1) is 5.75. The molecule has 0 spiro atoms. The van der Waals surface area contributed by atoms with E-state index < -0.39 is 0 Å². The van der Waals surface area contributed by atoms with Crippen molar-refractivity contribution in [3.8, 4) is 0 Å². The number of nitrogens with zero attached hydrogens (tertiary/aromatic N) is 1. The molecule has 1 saturated carbocycles. The Morgan fingerprint density at radius 2 is 2.50 bits per heavy atom. The van der Waals surface area contributed by atoms with E-state index in [4.69, 9.17) is 5.73 Å². The topological polar surface area (TPSA) is 38.9 Å². The SMILES string of the molecule is C[C@@H](N)Cc1csc(C2CC2)n1. The Kier molecular flexibility index (Phi) is 2.15. The summed E-state index contributed by atoms with van der Waals surface area (Å²) in [6, 6.07) is 0.235. The molecule has 66 valence electrons.